The van der Waals surface area contributed by atoms with Gasteiger partial charge in [-0.15, -0.1) is 0 Å². The highest BCUT2D eigenvalue weighted by Gasteiger charge is 2.08. The Balaban J connectivity index is 1.49. The first-order valence-corrected chi connectivity index (χ1v) is 9.85. The summed E-state index contributed by atoms with van der Waals surface area (Å²) < 4.78 is 11.3. The van der Waals surface area contributed by atoms with Crippen molar-refractivity contribution in [2.75, 3.05) is 13.7 Å². The number of hydrogen-bond acceptors (Lipinski definition) is 4. The average Bonchev–Trinajstić information content (AvgIpc) is 2.78. The van der Waals surface area contributed by atoms with Crippen LogP contribution in [0.15, 0.2) is 73.1 Å². The minimum Gasteiger partial charge on any atom is -0.493 e. The summed E-state index contributed by atoms with van der Waals surface area (Å²) in [6.07, 6.45) is 9.35. The van der Waals surface area contributed by atoms with E-state index in [4.69, 9.17) is 9.47 Å². The van der Waals surface area contributed by atoms with Crippen LogP contribution in [0.4, 0.5) is 0 Å². The Morgan fingerprint density at radius 2 is 1.76 bits per heavy atom. The number of aliphatic hydroxyl groups is 1. The first-order chi connectivity index (χ1) is 14.2. The lowest BCUT2D eigenvalue weighted by Crippen LogP contribution is -2.13. The van der Waals surface area contributed by atoms with Crippen molar-refractivity contribution in [2.24, 2.45) is 0 Å². The number of ether oxygens (including phenoxy) is 2. The van der Waals surface area contributed by atoms with E-state index in [1.54, 1.807) is 13.3 Å². The largest absolute Gasteiger partial charge is 0.493 e. The van der Waals surface area contributed by atoms with Gasteiger partial charge in [-0.2, -0.15) is 0 Å². The summed E-state index contributed by atoms with van der Waals surface area (Å²) in [7, 11) is 1.63. The highest BCUT2D eigenvalue weighted by molar-refractivity contribution is 5.70. The normalized spacial score (nSPS) is 12.1. The first-order valence-electron chi connectivity index (χ1n) is 9.85. The lowest BCUT2D eigenvalue weighted by atomic mass is 10.1. The predicted molar refractivity (Wildman–Crippen MR) is 117 cm³/mol. The third-order valence-electron chi connectivity index (χ3n) is 4.65. The summed E-state index contributed by atoms with van der Waals surface area (Å²) in [5.41, 5.74) is 3.31. The zero-order chi connectivity index (χ0) is 20.3. The maximum Gasteiger partial charge on any atom is 0.161 e. The van der Waals surface area contributed by atoms with Crippen LogP contribution in [0.2, 0.25) is 0 Å². The Labute approximate surface area is 172 Å². The summed E-state index contributed by atoms with van der Waals surface area (Å²) in [5, 5.41) is 10.2. The van der Waals surface area contributed by atoms with Gasteiger partial charge in [-0.25, -0.2) is 0 Å². The van der Waals surface area contributed by atoms with Crippen molar-refractivity contribution < 1.29 is 14.6 Å². The molecule has 0 aliphatic rings. The van der Waals surface area contributed by atoms with Crippen molar-refractivity contribution in [2.45, 2.75) is 25.4 Å². The van der Waals surface area contributed by atoms with Crippen LogP contribution in [0, 0.1) is 0 Å². The van der Waals surface area contributed by atoms with Gasteiger partial charge < -0.3 is 14.6 Å². The number of aromatic nitrogens is 1. The zero-order valence-electron chi connectivity index (χ0n) is 16.7. The molecule has 1 aromatic heterocycles. The summed E-state index contributed by atoms with van der Waals surface area (Å²) in [4.78, 5) is 4.10. The van der Waals surface area contributed by atoms with Gasteiger partial charge in [0.15, 0.2) is 11.5 Å². The molecule has 0 saturated carbocycles. The highest BCUT2D eigenvalue weighted by Crippen LogP contribution is 2.29. The molecule has 3 aromatic rings. The van der Waals surface area contributed by atoms with Crippen molar-refractivity contribution in [1.82, 2.24) is 4.98 Å². The SMILES string of the molecule is COc1cc(/C=C/c2ccccc2)ccc1OCCC(O)CCc1cccnc1. The van der Waals surface area contributed by atoms with Crippen molar-refractivity contribution in [3.05, 3.63) is 89.7 Å². The molecule has 0 aliphatic carbocycles. The molecule has 4 nitrogen and oxygen atoms in total. The molecular weight excluding hydrogens is 362 g/mol. The van der Waals surface area contributed by atoms with Gasteiger partial charge in [0.05, 0.1) is 19.8 Å². The summed E-state index contributed by atoms with van der Waals surface area (Å²) in [5.74, 6) is 1.37. The number of nitrogens with zero attached hydrogens (tertiary/aromatic N) is 1. The van der Waals surface area contributed by atoms with E-state index in [1.807, 2.05) is 60.8 Å². The van der Waals surface area contributed by atoms with Crippen LogP contribution in [0.1, 0.15) is 29.5 Å². The topological polar surface area (TPSA) is 51.6 Å². The Morgan fingerprint density at radius 1 is 0.931 bits per heavy atom. The number of rotatable bonds is 10. The highest BCUT2D eigenvalue weighted by atomic mass is 16.5. The van der Waals surface area contributed by atoms with Gasteiger partial charge in [-0.05, 0) is 47.7 Å². The van der Waals surface area contributed by atoms with E-state index >= 15 is 0 Å². The summed E-state index contributed by atoms with van der Waals surface area (Å²) in [6.45, 7) is 0.434. The molecule has 29 heavy (non-hydrogen) atoms. The standard InChI is InChI=1S/C25H27NO3/c1-28-25-18-21(10-9-20-6-3-2-4-7-20)12-14-24(25)29-17-15-23(27)13-11-22-8-5-16-26-19-22/h2-10,12,14,16,18-19,23,27H,11,13,15,17H2,1H3/b10-9+. The van der Waals surface area contributed by atoms with Crippen molar-refractivity contribution in [3.8, 4) is 11.5 Å². The lowest BCUT2D eigenvalue weighted by Gasteiger charge is -2.14. The van der Waals surface area contributed by atoms with Gasteiger partial charge in [0.25, 0.3) is 0 Å². The maximum atomic E-state index is 10.2. The van der Waals surface area contributed by atoms with Crippen LogP contribution in [0.3, 0.4) is 0 Å². The third-order valence-corrected chi connectivity index (χ3v) is 4.65. The van der Waals surface area contributed by atoms with E-state index in [-0.39, 0.29) is 0 Å². The van der Waals surface area contributed by atoms with E-state index in [1.165, 1.54) is 0 Å². The predicted octanol–water partition coefficient (Wildman–Crippen LogP) is 5.02. The summed E-state index contributed by atoms with van der Waals surface area (Å²) >= 11 is 0. The van der Waals surface area contributed by atoms with Gasteiger partial charge in [0.1, 0.15) is 0 Å². The van der Waals surface area contributed by atoms with Crippen LogP contribution in [0.25, 0.3) is 12.2 Å². The molecule has 4 heteroatoms. The second-order valence-electron chi connectivity index (χ2n) is 6.85. The van der Waals surface area contributed by atoms with Crippen molar-refractivity contribution in [1.29, 1.82) is 0 Å². The fourth-order valence-corrected chi connectivity index (χ4v) is 2.99. The van der Waals surface area contributed by atoms with E-state index < -0.39 is 6.10 Å². The monoisotopic (exact) mass is 389 g/mol. The summed E-state index contributed by atoms with van der Waals surface area (Å²) in [6, 6.07) is 19.9. The van der Waals surface area contributed by atoms with Gasteiger partial charge in [0, 0.05) is 18.8 Å². The molecule has 1 N–H and O–H groups in total. The number of aliphatic hydroxyl groups excluding tert-OH is 1. The number of methoxy groups -OCH3 is 1. The molecule has 150 valence electrons. The van der Waals surface area contributed by atoms with Gasteiger partial charge in [0.2, 0.25) is 0 Å². The van der Waals surface area contributed by atoms with Crippen LogP contribution in [0.5, 0.6) is 11.5 Å². The Morgan fingerprint density at radius 3 is 2.52 bits per heavy atom. The first kappa shape index (κ1) is 20.6. The zero-order valence-corrected chi connectivity index (χ0v) is 16.7. The quantitative estimate of drug-likeness (QED) is 0.495. The second-order valence-corrected chi connectivity index (χ2v) is 6.85. The molecule has 0 fully saturated rings. The van der Waals surface area contributed by atoms with E-state index in [9.17, 15) is 5.11 Å². The Kier molecular flexibility index (Phi) is 7.84. The number of benzene rings is 2. The van der Waals surface area contributed by atoms with Crippen LogP contribution >= 0.6 is 0 Å². The fraction of sp³-hybridized carbons (Fsp3) is 0.240. The molecule has 1 atom stereocenters. The van der Waals surface area contributed by atoms with E-state index in [2.05, 4.69) is 23.2 Å². The van der Waals surface area contributed by atoms with E-state index in [0.29, 0.717) is 30.9 Å². The molecule has 3 rings (SSSR count). The average molecular weight is 389 g/mol. The molecule has 0 amide bonds. The molecule has 2 aromatic carbocycles. The maximum absolute atomic E-state index is 10.2. The fourth-order valence-electron chi connectivity index (χ4n) is 2.99. The lowest BCUT2D eigenvalue weighted by molar-refractivity contribution is 0.130. The third kappa shape index (κ3) is 6.77. The van der Waals surface area contributed by atoms with Crippen LogP contribution < -0.4 is 9.47 Å². The van der Waals surface area contributed by atoms with E-state index in [0.717, 1.165) is 23.1 Å². The van der Waals surface area contributed by atoms with Crippen molar-refractivity contribution in [3.63, 3.8) is 0 Å². The molecule has 0 bridgehead atoms. The molecule has 1 heterocycles. The molecule has 1 unspecified atom stereocenters. The molecular formula is C25H27NO3. The second kappa shape index (κ2) is 11.0. The van der Waals surface area contributed by atoms with Crippen LogP contribution in [-0.2, 0) is 6.42 Å². The molecule has 0 saturated heterocycles. The van der Waals surface area contributed by atoms with Crippen molar-refractivity contribution >= 4 is 12.2 Å². The minimum atomic E-state index is -0.408. The smallest absolute Gasteiger partial charge is 0.161 e. The minimum absolute atomic E-state index is 0.408. The van der Waals surface area contributed by atoms with Gasteiger partial charge in [-0.1, -0.05) is 54.6 Å². The molecule has 0 aliphatic heterocycles. The molecule has 0 spiro atoms. The number of hydrogen-bond donors (Lipinski definition) is 1. The van der Waals surface area contributed by atoms with Gasteiger partial charge >= 0.3 is 0 Å². The number of pyridine rings is 1. The van der Waals surface area contributed by atoms with Crippen LogP contribution in [-0.4, -0.2) is 29.9 Å². The van der Waals surface area contributed by atoms with Gasteiger partial charge in [-0.3, -0.25) is 4.98 Å². The molecule has 0 radical (unpaired) electrons. The Hall–Kier alpha value is -3.11. The Bertz CT molecular complexity index is 894. The number of aryl methyl sites for hydroxylation is 1.